The Bertz CT molecular complexity index is 664. The Hall–Kier alpha value is -2.50. The predicted molar refractivity (Wildman–Crippen MR) is 97.2 cm³/mol. The summed E-state index contributed by atoms with van der Waals surface area (Å²) < 4.78 is 0. The van der Waals surface area contributed by atoms with Crippen LogP contribution in [0.3, 0.4) is 0 Å². The molecule has 0 saturated carbocycles. The van der Waals surface area contributed by atoms with Crippen molar-refractivity contribution in [3.63, 3.8) is 0 Å². The van der Waals surface area contributed by atoms with E-state index in [4.69, 9.17) is 11.5 Å². The van der Waals surface area contributed by atoms with E-state index in [0.29, 0.717) is 19.4 Å². The van der Waals surface area contributed by atoms with Gasteiger partial charge in [0.1, 0.15) is 0 Å². The molecular formula is C20H24N2O3. The summed E-state index contributed by atoms with van der Waals surface area (Å²) in [6, 6.07) is 18.3. The number of carbonyl (C=O) groups excluding carboxylic acids is 1. The number of hydrogen-bond acceptors (Lipinski definition) is 4. The van der Waals surface area contributed by atoms with Crippen molar-refractivity contribution >= 4 is 11.8 Å². The summed E-state index contributed by atoms with van der Waals surface area (Å²) in [6.07, 6.45) is 1.18. The summed E-state index contributed by atoms with van der Waals surface area (Å²) in [5.41, 5.74) is 11.1. The summed E-state index contributed by atoms with van der Waals surface area (Å²) in [7, 11) is 0. The zero-order valence-electron chi connectivity index (χ0n) is 14.1. The molecule has 0 radical (unpaired) electrons. The summed E-state index contributed by atoms with van der Waals surface area (Å²) in [5, 5.41) is 9.67. The first kappa shape index (κ1) is 18.8. The Morgan fingerprint density at radius 2 is 1.40 bits per heavy atom. The van der Waals surface area contributed by atoms with Crippen LogP contribution in [0, 0.1) is 0 Å². The first-order valence-corrected chi connectivity index (χ1v) is 8.37. The zero-order chi connectivity index (χ0) is 18.3. The van der Waals surface area contributed by atoms with E-state index in [1.54, 1.807) is 0 Å². The van der Waals surface area contributed by atoms with Crippen molar-refractivity contribution < 1.29 is 14.7 Å². The maximum Gasteiger partial charge on any atom is 0.331 e. The minimum atomic E-state index is -1.94. The molecule has 0 saturated heterocycles. The number of carboxylic acid groups (broad SMARTS) is 1. The average molecular weight is 340 g/mol. The van der Waals surface area contributed by atoms with Crippen molar-refractivity contribution in [2.75, 3.05) is 6.54 Å². The highest BCUT2D eigenvalue weighted by Gasteiger charge is 2.45. The molecule has 5 heteroatoms. The van der Waals surface area contributed by atoms with Gasteiger partial charge in [-0.25, -0.2) is 4.79 Å². The van der Waals surface area contributed by atoms with Crippen LogP contribution in [-0.4, -0.2) is 28.9 Å². The van der Waals surface area contributed by atoms with Crippen LogP contribution in [0.1, 0.15) is 36.3 Å². The molecule has 0 aromatic heterocycles. The predicted octanol–water partition coefficient (Wildman–Crippen LogP) is 2.30. The maximum absolute atomic E-state index is 13.3. The van der Waals surface area contributed by atoms with Crippen LogP contribution >= 0.6 is 0 Å². The molecule has 2 aromatic rings. The molecule has 2 rings (SSSR count). The fourth-order valence-electron chi connectivity index (χ4n) is 2.93. The Kier molecular flexibility index (Phi) is 6.44. The molecule has 0 bridgehead atoms. The van der Waals surface area contributed by atoms with Gasteiger partial charge in [0.15, 0.2) is 11.3 Å². The Labute approximate surface area is 147 Å². The lowest BCUT2D eigenvalue weighted by Gasteiger charge is -2.28. The molecule has 0 spiro atoms. The van der Waals surface area contributed by atoms with Crippen molar-refractivity contribution in [3.05, 3.63) is 71.8 Å². The molecule has 0 unspecified atom stereocenters. The number of ketones is 1. The monoisotopic (exact) mass is 340 g/mol. The van der Waals surface area contributed by atoms with Crippen LogP contribution in [-0.2, 0) is 9.59 Å². The van der Waals surface area contributed by atoms with Gasteiger partial charge in [0.05, 0.1) is 5.92 Å². The number of benzene rings is 2. The quantitative estimate of drug-likeness (QED) is 0.480. The fraction of sp³-hybridized carbons (Fsp3) is 0.300. The molecule has 132 valence electrons. The van der Waals surface area contributed by atoms with E-state index in [-0.39, 0.29) is 6.42 Å². The number of carbonyl (C=O) groups is 2. The zero-order valence-corrected chi connectivity index (χ0v) is 14.1. The summed E-state index contributed by atoms with van der Waals surface area (Å²) >= 11 is 0. The topological polar surface area (TPSA) is 106 Å². The average Bonchev–Trinajstić information content (AvgIpc) is 2.63. The van der Waals surface area contributed by atoms with Gasteiger partial charge in [-0.05, 0) is 36.9 Å². The van der Waals surface area contributed by atoms with Gasteiger partial charge in [-0.15, -0.1) is 0 Å². The van der Waals surface area contributed by atoms with Crippen LogP contribution in [0.2, 0.25) is 0 Å². The highest BCUT2D eigenvalue weighted by atomic mass is 16.4. The largest absolute Gasteiger partial charge is 0.480 e. The van der Waals surface area contributed by atoms with Gasteiger partial charge in [0, 0.05) is 0 Å². The van der Waals surface area contributed by atoms with E-state index < -0.39 is 23.2 Å². The van der Waals surface area contributed by atoms with Crippen LogP contribution in [0.4, 0.5) is 0 Å². The van der Waals surface area contributed by atoms with Gasteiger partial charge < -0.3 is 16.6 Å². The summed E-state index contributed by atoms with van der Waals surface area (Å²) in [4.78, 5) is 25.1. The van der Waals surface area contributed by atoms with Gasteiger partial charge in [0.25, 0.3) is 0 Å². The molecule has 0 amide bonds. The Morgan fingerprint density at radius 1 is 0.920 bits per heavy atom. The Balaban J connectivity index is 2.45. The van der Waals surface area contributed by atoms with E-state index in [1.807, 2.05) is 60.7 Å². The lowest BCUT2D eigenvalue weighted by Crippen LogP contribution is -2.56. The smallest absolute Gasteiger partial charge is 0.331 e. The maximum atomic E-state index is 13.3. The van der Waals surface area contributed by atoms with Crippen molar-refractivity contribution in [3.8, 4) is 0 Å². The van der Waals surface area contributed by atoms with Crippen LogP contribution in [0.25, 0.3) is 0 Å². The molecule has 25 heavy (non-hydrogen) atoms. The number of rotatable bonds is 9. The van der Waals surface area contributed by atoms with Crippen molar-refractivity contribution in [2.24, 2.45) is 11.5 Å². The van der Waals surface area contributed by atoms with E-state index in [1.165, 1.54) is 0 Å². The minimum Gasteiger partial charge on any atom is -0.480 e. The molecule has 0 aliphatic rings. The van der Waals surface area contributed by atoms with Gasteiger partial charge in [-0.3, -0.25) is 4.79 Å². The lowest BCUT2D eigenvalue weighted by molar-refractivity contribution is -0.149. The summed E-state index contributed by atoms with van der Waals surface area (Å²) in [6.45, 7) is 0.435. The van der Waals surface area contributed by atoms with Gasteiger partial charge in [-0.1, -0.05) is 60.7 Å². The van der Waals surface area contributed by atoms with Crippen LogP contribution in [0.15, 0.2) is 60.7 Å². The van der Waals surface area contributed by atoms with E-state index >= 15 is 0 Å². The van der Waals surface area contributed by atoms with Crippen molar-refractivity contribution in [2.45, 2.75) is 30.7 Å². The van der Waals surface area contributed by atoms with Crippen LogP contribution in [0.5, 0.6) is 0 Å². The molecule has 0 aliphatic carbocycles. The first-order chi connectivity index (χ1) is 12.0. The first-order valence-electron chi connectivity index (χ1n) is 8.37. The van der Waals surface area contributed by atoms with Crippen molar-refractivity contribution in [1.82, 2.24) is 0 Å². The molecule has 0 heterocycles. The normalized spacial score (nSPS) is 13.4. The molecule has 5 N–H and O–H groups in total. The van der Waals surface area contributed by atoms with E-state index in [2.05, 4.69) is 0 Å². The molecule has 1 atom stereocenters. The highest BCUT2D eigenvalue weighted by molar-refractivity contribution is 6.11. The van der Waals surface area contributed by atoms with Gasteiger partial charge in [-0.2, -0.15) is 0 Å². The molecule has 2 aromatic carbocycles. The number of Topliss-reactive ketones (excluding diaryl/α,β-unsaturated/α-hetero) is 1. The third-order valence-electron chi connectivity index (χ3n) is 4.37. The standard InChI is InChI=1S/C20H24N2O3/c21-14-8-7-13-20(22,19(24)25)18(23)17(15-9-3-1-4-10-15)16-11-5-2-6-12-16/h1-6,9-12,17H,7-8,13-14,21-22H2,(H,24,25)/t20-/m1/s1. The molecule has 0 aliphatic heterocycles. The van der Waals surface area contributed by atoms with E-state index in [0.717, 1.165) is 11.1 Å². The van der Waals surface area contributed by atoms with Crippen molar-refractivity contribution in [1.29, 1.82) is 0 Å². The minimum absolute atomic E-state index is 0.0640. The third kappa shape index (κ3) is 4.32. The fourth-order valence-corrected chi connectivity index (χ4v) is 2.93. The molecule has 5 nitrogen and oxygen atoms in total. The second-order valence-electron chi connectivity index (χ2n) is 6.14. The summed E-state index contributed by atoms with van der Waals surface area (Å²) in [5.74, 6) is -2.53. The van der Waals surface area contributed by atoms with E-state index in [9.17, 15) is 14.7 Å². The number of carboxylic acids is 1. The molecular weight excluding hydrogens is 316 g/mol. The number of unbranched alkanes of at least 4 members (excludes halogenated alkanes) is 1. The van der Waals surface area contributed by atoms with Crippen LogP contribution < -0.4 is 11.5 Å². The second-order valence-corrected chi connectivity index (χ2v) is 6.14. The highest BCUT2D eigenvalue weighted by Crippen LogP contribution is 2.31. The van der Waals surface area contributed by atoms with Gasteiger partial charge in [0.2, 0.25) is 0 Å². The number of nitrogens with two attached hydrogens (primary N) is 2. The van der Waals surface area contributed by atoms with Gasteiger partial charge >= 0.3 is 5.97 Å². The SMILES string of the molecule is NCCCC[C@](N)(C(=O)O)C(=O)C(c1ccccc1)c1ccccc1. The lowest BCUT2D eigenvalue weighted by atomic mass is 9.76. The second kappa shape index (κ2) is 8.55. The number of hydrogen-bond donors (Lipinski definition) is 3. The molecule has 0 fully saturated rings. The number of aliphatic carboxylic acids is 1. The third-order valence-corrected chi connectivity index (χ3v) is 4.37. The Morgan fingerprint density at radius 3 is 1.80 bits per heavy atom.